The number of thioether (sulfide) groups is 1. The Bertz CT molecular complexity index is 661. The summed E-state index contributed by atoms with van der Waals surface area (Å²) < 4.78 is 0. The van der Waals surface area contributed by atoms with Crippen molar-refractivity contribution in [3.63, 3.8) is 0 Å². The Labute approximate surface area is 146 Å². The minimum Gasteiger partial charge on any atom is -0.351 e. The first-order valence-corrected chi connectivity index (χ1v) is 9.33. The van der Waals surface area contributed by atoms with Crippen molar-refractivity contribution >= 4 is 34.4 Å². The molecule has 1 atom stereocenters. The molecule has 1 saturated heterocycles. The van der Waals surface area contributed by atoms with Gasteiger partial charge in [0.15, 0.2) is 5.17 Å². The highest BCUT2D eigenvalue weighted by Gasteiger charge is 2.33. The lowest BCUT2D eigenvalue weighted by atomic mass is 10.1. The van der Waals surface area contributed by atoms with Crippen molar-refractivity contribution in [3.05, 3.63) is 29.3 Å². The summed E-state index contributed by atoms with van der Waals surface area (Å²) in [7, 11) is 0. The summed E-state index contributed by atoms with van der Waals surface area (Å²) in [5.41, 5.74) is 2.90. The van der Waals surface area contributed by atoms with Crippen molar-refractivity contribution in [2.75, 3.05) is 18.4 Å². The van der Waals surface area contributed by atoms with Crippen LogP contribution in [0.3, 0.4) is 0 Å². The van der Waals surface area contributed by atoms with E-state index in [2.05, 4.69) is 15.2 Å². The van der Waals surface area contributed by atoms with Gasteiger partial charge in [0, 0.05) is 25.2 Å². The third-order valence-electron chi connectivity index (χ3n) is 4.47. The third-order valence-corrected chi connectivity index (χ3v) is 5.68. The fraction of sp³-hybridized carbons (Fsp3) is 0.500. The van der Waals surface area contributed by atoms with Crippen LogP contribution in [0.4, 0.5) is 5.69 Å². The molecule has 0 aromatic heterocycles. The number of carbonyl (C=O) groups is 2. The molecule has 2 aliphatic rings. The number of nitrogens with zero attached hydrogens (tertiary/aromatic N) is 2. The van der Waals surface area contributed by atoms with Gasteiger partial charge in [0.1, 0.15) is 5.25 Å². The van der Waals surface area contributed by atoms with Crippen LogP contribution in [0.25, 0.3) is 0 Å². The van der Waals surface area contributed by atoms with E-state index < -0.39 is 5.25 Å². The van der Waals surface area contributed by atoms with Crippen LogP contribution < -0.4 is 5.32 Å². The number of amides is 2. The van der Waals surface area contributed by atoms with Crippen molar-refractivity contribution in [2.45, 2.75) is 44.8 Å². The molecule has 2 amide bonds. The predicted octanol–water partition coefficient (Wildman–Crippen LogP) is 3.12. The van der Waals surface area contributed by atoms with Gasteiger partial charge in [-0.15, -0.1) is 0 Å². The summed E-state index contributed by atoms with van der Waals surface area (Å²) >= 11 is 1.44. The topological polar surface area (TPSA) is 61.8 Å². The number of piperidine rings is 1. The standard InChI is InChI=1S/C18H23N3O2S/c1-12-7-6-8-13(2)16(12)19-15(22)11-14-17(23)20-18(24-14)21-9-4-3-5-10-21/h6-8,14H,3-5,9-11H2,1-2H3,(H,19,22)/t14-/m0/s1. The predicted molar refractivity (Wildman–Crippen MR) is 98.4 cm³/mol. The molecule has 2 aliphatic heterocycles. The fourth-order valence-corrected chi connectivity index (χ4v) is 4.22. The van der Waals surface area contributed by atoms with Gasteiger partial charge >= 0.3 is 0 Å². The molecule has 3 rings (SSSR count). The molecule has 0 radical (unpaired) electrons. The Balaban J connectivity index is 1.58. The lowest BCUT2D eigenvalue weighted by molar-refractivity contribution is -0.121. The molecule has 0 aliphatic carbocycles. The average molecular weight is 345 g/mol. The summed E-state index contributed by atoms with van der Waals surface area (Å²) in [6, 6.07) is 5.90. The van der Waals surface area contributed by atoms with Crippen LogP contribution in [0.15, 0.2) is 23.2 Å². The Morgan fingerprint density at radius 2 is 1.92 bits per heavy atom. The number of nitrogens with one attached hydrogen (secondary N) is 1. The van der Waals surface area contributed by atoms with Crippen molar-refractivity contribution < 1.29 is 9.59 Å². The molecule has 1 fully saturated rings. The van der Waals surface area contributed by atoms with Crippen molar-refractivity contribution in [2.24, 2.45) is 4.99 Å². The molecular weight excluding hydrogens is 322 g/mol. The van der Waals surface area contributed by atoms with E-state index in [4.69, 9.17) is 0 Å². The second-order valence-electron chi connectivity index (χ2n) is 6.41. The first kappa shape index (κ1) is 17.0. The zero-order valence-corrected chi connectivity index (χ0v) is 15.0. The van der Waals surface area contributed by atoms with Gasteiger partial charge in [-0.2, -0.15) is 4.99 Å². The number of rotatable bonds is 3. The highest BCUT2D eigenvalue weighted by Crippen LogP contribution is 2.29. The van der Waals surface area contributed by atoms with Gasteiger partial charge in [-0.3, -0.25) is 9.59 Å². The van der Waals surface area contributed by atoms with Gasteiger partial charge in [-0.1, -0.05) is 30.0 Å². The van der Waals surface area contributed by atoms with Gasteiger partial charge < -0.3 is 10.2 Å². The Kier molecular flexibility index (Phi) is 5.23. The largest absolute Gasteiger partial charge is 0.351 e. The number of aliphatic imine (C=N–C) groups is 1. The van der Waals surface area contributed by atoms with Crippen LogP contribution in [0.5, 0.6) is 0 Å². The normalized spacial score (nSPS) is 20.9. The summed E-state index contributed by atoms with van der Waals surface area (Å²) in [5, 5.41) is 3.35. The summed E-state index contributed by atoms with van der Waals surface area (Å²) in [6.07, 6.45) is 3.69. The number of carbonyl (C=O) groups excluding carboxylic acids is 2. The molecule has 0 unspecified atom stereocenters. The number of para-hydroxylation sites is 1. The fourth-order valence-electron chi connectivity index (χ4n) is 3.10. The van der Waals surface area contributed by atoms with Crippen LogP contribution >= 0.6 is 11.8 Å². The Morgan fingerprint density at radius 3 is 2.58 bits per heavy atom. The van der Waals surface area contributed by atoms with Crippen LogP contribution in [-0.4, -0.2) is 40.2 Å². The zero-order valence-electron chi connectivity index (χ0n) is 14.2. The number of amidine groups is 1. The lowest BCUT2D eigenvalue weighted by Crippen LogP contribution is -2.33. The van der Waals surface area contributed by atoms with E-state index in [-0.39, 0.29) is 18.2 Å². The number of anilines is 1. The van der Waals surface area contributed by atoms with Gasteiger partial charge in [0.25, 0.3) is 5.91 Å². The maximum atomic E-state index is 12.4. The lowest BCUT2D eigenvalue weighted by Gasteiger charge is -2.27. The van der Waals surface area contributed by atoms with Crippen LogP contribution in [0, 0.1) is 13.8 Å². The minimum absolute atomic E-state index is 0.131. The van der Waals surface area contributed by atoms with E-state index in [0.717, 1.165) is 47.9 Å². The minimum atomic E-state index is -0.397. The van der Waals surface area contributed by atoms with Gasteiger partial charge in [-0.05, 0) is 44.2 Å². The average Bonchev–Trinajstić information content (AvgIpc) is 2.93. The second-order valence-corrected chi connectivity index (χ2v) is 7.58. The van der Waals surface area contributed by atoms with E-state index in [1.54, 1.807) is 0 Å². The smallest absolute Gasteiger partial charge is 0.262 e. The SMILES string of the molecule is Cc1cccc(C)c1NC(=O)C[C@@H]1SC(N2CCCCC2)=NC1=O. The summed E-state index contributed by atoms with van der Waals surface area (Å²) in [4.78, 5) is 30.8. The van der Waals surface area contributed by atoms with Crippen molar-refractivity contribution in [3.8, 4) is 0 Å². The summed E-state index contributed by atoms with van der Waals surface area (Å²) in [5.74, 6) is -0.314. The molecule has 0 saturated carbocycles. The van der Waals surface area contributed by atoms with E-state index in [1.165, 1.54) is 18.2 Å². The second kappa shape index (κ2) is 7.38. The molecule has 24 heavy (non-hydrogen) atoms. The Hall–Kier alpha value is -1.82. The molecular formula is C18H23N3O2S. The molecule has 128 valence electrons. The molecule has 1 N–H and O–H groups in total. The number of aryl methyl sites for hydroxylation is 2. The maximum Gasteiger partial charge on any atom is 0.262 e. The number of benzene rings is 1. The van der Waals surface area contributed by atoms with Gasteiger partial charge in [0.2, 0.25) is 5.91 Å². The third kappa shape index (κ3) is 3.80. The first-order chi connectivity index (χ1) is 11.5. The van der Waals surface area contributed by atoms with E-state index in [9.17, 15) is 9.59 Å². The van der Waals surface area contributed by atoms with Crippen LogP contribution in [0.1, 0.15) is 36.8 Å². The number of likely N-dealkylation sites (tertiary alicyclic amines) is 1. The monoisotopic (exact) mass is 345 g/mol. The van der Waals surface area contributed by atoms with Gasteiger partial charge in [0.05, 0.1) is 0 Å². The first-order valence-electron chi connectivity index (χ1n) is 8.45. The highest BCUT2D eigenvalue weighted by molar-refractivity contribution is 8.15. The molecule has 0 bridgehead atoms. The zero-order chi connectivity index (χ0) is 17.1. The summed E-state index contributed by atoms with van der Waals surface area (Å²) in [6.45, 7) is 5.85. The van der Waals surface area contributed by atoms with E-state index in [1.807, 2.05) is 32.0 Å². The molecule has 1 aromatic carbocycles. The number of hydrogen-bond acceptors (Lipinski definition) is 4. The van der Waals surface area contributed by atoms with Crippen molar-refractivity contribution in [1.82, 2.24) is 4.90 Å². The van der Waals surface area contributed by atoms with Crippen molar-refractivity contribution in [1.29, 1.82) is 0 Å². The molecule has 0 spiro atoms. The molecule has 6 heteroatoms. The number of hydrogen-bond donors (Lipinski definition) is 1. The maximum absolute atomic E-state index is 12.4. The quantitative estimate of drug-likeness (QED) is 0.914. The van der Waals surface area contributed by atoms with Crippen LogP contribution in [-0.2, 0) is 9.59 Å². The van der Waals surface area contributed by atoms with Gasteiger partial charge in [-0.25, -0.2) is 0 Å². The van der Waals surface area contributed by atoms with E-state index in [0.29, 0.717) is 0 Å². The molecule has 2 heterocycles. The van der Waals surface area contributed by atoms with Crippen LogP contribution in [0.2, 0.25) is 0 Å². The van der Waals surface area contributed by atoms with E-state index >= 15 is 0 Å². The molecule has 5 nitrogen and oxygen atoms in total. The molecule has 1 aromatic rings. The Morgan fingerprint density at radius 1 is 1.25 bits per heavy atom. The highest BCUT2D eigenvalue weighted by atomic mass is 32.2.